The minimum atomic E-state index is -0.822. The molecule has 2 aliphatic rings. The number of likely N-dealkylation sites (tertiary alicyclic amines) is 1. The Balaban J connectivity index is 1.73. The molecule has 0 unspecified atom stereocenters. The highest BCUT2D eigenvalue weighted by Crippen LogP contribution is 2.43. The van der Waals surface area contributed by atoms with Crippen LogP contribution in [-0.2, 0) is 20.7 Å². The lowest BCUT2D eigenvalue weighted by Crippen LogP contribution is -2.57. The van der Waals surface area contributed by atoms with Gasteiger partial charge in [-0.3, -0.25) is 14.5 Å². The number of thiophene rings is 1. The lowest BCUT2D eigenvalue weighted by molar-refractivity contribution is -0.132. The van der Waals surface area contributed by atoms with Crippen LogP contribution in [0.2, 0.25) is 0 Å². The fraction of sp³-hybridized carbons (Fsp3) is 0.632. The van der Waals surface area contributed by atoms with Crippen LogP contribution in [0.3, 0.4) is 0 Å². The van der Waals surface area contributed by atoms with Gasteiger partial charge in [0.2, 0.25) is 11.8 Å². The van der Waals surface area contributed by atoms with E-state index in [1.807, 2.05) is 12.1 Å². The second kappa shape index (κ2) is 8.02. The van der Waals surface area contributed by atoms with E-state index in [1.165, 1.54) is 11.3 Å². The van der Waals surface area contributed by atoms with Crippen molar-refractivity contribution in [3.8, 4) is 0 Å². The van der Waals surface area contributed by atoms with E-state index in [0.717, 1.165) is 27.9 Å². The third-order valence-electron chi connectivity index (χ3n) is 5.15. The van der Waals surface area contributed by atoms with E-state index in [0.29, 0.717) is 6.42 Å². The highest BCUT2D eigenvalue weighted by atomic mass is 79.9. The summed E-state index contributed by atoms with van der Waals surface area (Å²) in [6.45, 7) is 5.41. The maximum atomic E-state index is 13.1. The summed E-state index contributed by atoms with van der Waals surface area (Å²) in [6.07, 6.45) is 2.40. The predicted octanol–water partition coefficient (Wildman–Crippen LogP) is 2.81. The van der Waals surface area contributed by atoms with Crippen LogP contribution < -0.4 is 11.1 Å². The molecular weight excluding hydrogens is 446 g/mol. The van der Waals surface area contributed by atoms with Crippen molar-refractivity contribution in [3.63, 3.8) is 0 Å². The first-order valence-corrected chi connectivity index (χ1v) is 11.0. The summed E-state index contributed by atoms with van der Waals surface area (Å²) < 4.78 is 6.46. The minimum absolute atomic E-state index is 0.0101. The summed E-state index contributed by atoms with van der Waals surface area (Å²) in [4.78, 5) is 40.2. The van der Waals surface area contributed by atoms with Crippen LogP contribution in [0.1, 0.15) is 44.9 Å². The first kappa shape index (κ1) is 21.1. The van der Waals surface area contributed by atoms with Gasteiger partial charge in [0.15, 0.2) is 0 Å². The molecule has 154 valence electrons. The Kier molecular flexibility index (Phi) is 6.05. The number of rotatable bonds is 5. The van der Waals surface area contributed by atoms with E-state index in [4.69, 9.17) is 10.5 Å². The maximum absolute atomic E-state index is 13.1. The molecule has 1 aliphatic carbocycles. The van der Waals surface area contributed by atoms with Crippen molar-refractivity contribution in [1.82, 2.24) is 10.2 Å². The second-order valence-electron chi connectivity index (χ2n) is 8.43. The summed E-state index contributed by atoms with van der Waals surface area (Å²) in [5.74, 6) is -0.843. The van der Waals surface area contributed by atoms with Gasteiger partial charge in [-0.2, -0.15) is 0 Å². The minimum Gasteiger partial charge on any atom is -0.444 e. The first-order chi connectivity index (χ1) is 13.0. The molecule has 3 N–H and O–H groups in total. The molecule has 2 bridgehead atoms. The second-order valence-corrected chi connectivity index (χ2v) is 11.0. The number of fused-ring (bicyclic) bond motifs is 2. The lowest BCUT2D eigenvalue weighted by Gasteiger charge is -2.36. The summed E-state index contributed by atoms with van der Waals surface area (Å²) in [5.41, 5.74) is 4.89. The average molecular weight is 472 g/mol. The number of primary amides is 1. The van der Waals surface area contributed by atoms with Crippen LogP contribution in [0.4, 0.5) is 4.79 Å². The first-order valence-electron chi connectivity index (χ1n) is 9.40. The number of halogens is 1. The zero-order valence-corrected chi connectivity index (χ0v) is 18.6. The van der Waals surface area contributed by atoms with Crippen LogP contribution in [0.25, 0.3) is 0 Å². The molecule has 2 fully saturated rings. The van der Waals surface area contributed by atoms with Crippen molar-refractivity contribution in [2.45, 2.75) is 70.2 Å². The van der Waals surface area contributed by atoms with Crippen molar-refractivity contribution in [2.75, 3.05) is 0 Å². The molecule has 1 aromatic rings. The normalized spacial score (nSPS) is 24.9. The molecule has 4 atom stereocenters. The van der Waals surface area contributed by atoms with Gasteiger partial charge in [-0.05, 0) is 74.0 Å². The molecule has 1 aliphatic heterocycles. The molecule has 28 heavy (non-hydrogen) atoms. The van der Waals surface area contributed by atoms with Crippen LogP contribution in [-0.4, -0.2) is 46.5 Å². The third kappa shape index (κ3) is 4.68. The van der Waals surface area contributed by atoms with Crippen LogP contribution in [0, 0.1) is 5.92 Å². The number of carbonyl (C=O) groups excluding carboxylic acids is 3. The maximum Gasteiger partial charge on any atom is 0.411 e. The summed E-state index contributed by atoms with van der Waals surface area (Å²) >= 11 is 4.88. The molecule has 0 spiro atoms. The van der Waals surface area contributed by atoms with Gasteiger partial charge in [-0.25, -0.2) is 4.79 Å². The van der Waals surface area contributed by atoms with Gasteiger partial charge in [0.05, 0.1) is 3.79 Å². The van der Waals surface area contributed by atoms with Crippen molar-refractivity contribution >= 4 is 45.2 Å². The number of hydrogen-bond acceptors (Lipinski definition) is 5. The van der Waals surface area contributed by atoms with Crippen LogP contribution >= 0.6 is 27.3 Å². The Morgan fingerprint density at radius 2 is 2.07 bits per heavy atom. The molecule has 3 amide bonds. The van der Waals surface area contributed by atoms with E-state index >= 15 is 0 Å². The number of piperidine rings is 1. The van der Waals surface area contributed by atoms with E-state index in [2.05, 4.69) is 21.2 Å². The molecular formula is C19H26BrN3O4S. The Hall–Kier alpha value is -1.61. The van der Waals surface area contributed by atoms with E-state index < -0.39 is 29.7 Å². The molecule has 1 aromatic heterocycles. The van der Waals surface area contributed by atoms with E-state index in [-0.39, 0.29) is 17.9 Å². The van der Waals surface area contributed by atoms with Gasteiger partial charge >= 0.3 is 6.09 Å². The zero-order chi connectivity index (χ0) is 20.6. The predicted molar refractivity (Wildman–Crippen MR) is 110 cm³/mol. The number of nitrogens with two attached hydrogens (primary N) is 1. The Morgan fingerprint density at radius 3 is 2.64 bits per heavy atom. The Morgan fingerprint density at radius 1 is 1.36 bits per heavy atom. The van der Waals surface area contributed by atoms with Gasteiger partial charge in [0, 0.05) is 17.3 Å². The monoisotopic (exact) mass is 471 g/mol. The standard InChI is InChI=1S/C19H26BrN3O4S/c1-19(2,3)27-18(26)23-11-5-4-10(8-11)15(23)17(25)22-13(16(21)24)9-12-6-7-14(20)28-12/h6-7,10-11,13,15H,4-5,8-9H2,1-3H3,(H2,21,24)(H,22,25)/t10-,11+,13-,15-/m0/s1. The van der Waals surface area contributed by atoms with Crippen molar-refractivity contribution in [1.29, 1.82) is 0 Å². The number of carbonyl (C=O) groups is 3. The van der Waals surface area contributed by atoms with Crippen LogP contribution in [0.15, 0.2) is 15.9 Å². The highest BCUT2D eigenvalue weighted by molar-refractivity contribution is 9.11. The zero-order valence-electron chi connectivity index (χ0n) is 16.2. The lowest BCUT2D eigenvalue weighted by atomic mass is 9.97. The highest BCUT2D eigenvalue weighted by Gasteiger charge is 2.52. The van der Waals surface area contributed by atoms with Gasteiger partial charge in [0.1, 0.15) is 17.7 Å². The van der Waals surface area contributed by atoms with Gasteiger partial charge in [0.25, 0.3) is 0 Å². The molecule has 1 saturated heterocycles. The SMILES string of the molecule is CC(C)(C)OC(=O)N1[C@@H]2CC[C@@H](C2)[C@H]1C(=O)N[C@@H](Cc1ccc(Br)s1)C(N)=O. The molecule has 0 radical (unpaired) electrons. The fourth-order valence-corrected chi connectivity index (χ4v) is 5.57. The fourth-order valence-electron chi connectivity index (χ4n) is 4.05. The van der Waals surface area contributed by atoms with Crippen molar-refractivity contribution in [2.24, 2.45) is 11.7 Å². The number of nitrogens with zero attached hydrogens (tertiary/aromatic N) is 1. The number of amides is 3. The largest absolute Gasteiger partial charge is 0.444 e. The topological polar surface area (TPSA) is 102 Å². The number of ether oxygens (including phenoxy) is 1. The van der Waals surface area contributed by atoms with Crippen LogP contribution in [0.5, 0.6) is 0 Å². The number of hydrogen-bond donors (Lipinski definition) is 2. The average Bonchev–Trinajstić information content (AvgIpc) is 3.27. The van der Waals surface area contributed by atoms with Crippen molar-refractivity contribution in [3.05, 3.63) is 20.8 Å². The smallest absolute Gasteiger partial charge is 0.411 e. The summed E-state index contributed by atoms with van der Waals surface area (Å²) in [7, 11) is 0. The van der Waals surface area contributed by atoms with E-state index in [9.17, 15) is 14.4 Å². The van der Waals surface area contributed by atoms with Gasteiger partial charge in [-0.15, -0.1) is 11.3 Å². The molecule has 1 saturated carbocycles. The van der Waals surface area contributed by atoms with Gasteiger partial charge in [-0.1, -0.05) is 0 Å². The Labute approximate surface area is 177 Å². The Bertz CT molecular complexity index is 775. The molecule has 2 heterocycles. The summed E-state index contributed by atoms with van der Waals surface area (Å²) in [6, 6.07) is 2.35. The molecule has 3 rings (SSSR count). The molecule has 7 nitrogen and oxygen atoms in total. The quantitative estimate of drug-likeness (QED) is 0.688. The van der Waals surface area contributed by atoms with Gasteiger partial charge < -0.3 is 15.8 Å². The molecule has 0 aromatic carbocycles. The summed E-state index contributed by atoms with van der Waals surface area (Å²) in [5, 5.41) is 2.78. The van der Waals surface area contributed by atoms with E-state index in [1.54, 1.807) is 25.7 Å². The van der Waals surface area contributed by atoms with Crippen molar-refractivity contribution < 1.29 is 19.1 Å². The third-order valence-corrected chi connectivity index (χ3v) is 6.80. The molecule has 9 heteroatoms. The number of nitrogens with one attached hydrogen (secondary N) is 1.